The molecular formula is C15H28N2S. The van der Waals surface area contributed by atoms with Gasteiger partial charge in [0, 0.05) is 28.6 Å². The van der Waals surface area contributed by atoms with Gasteiger partial charge in [-0.25, -0.2) is 4.98 Å². The topological polar surface area (TPSA) is 24.9 Å². The van der Waals surface area contributed by atoms with Crippen LogP contribution < -0.4 is 5.32 Å². The van der Waals surface area contributed by atoms with Gasteiger partial charge >= 0.3 is 0 Å². The molecule has 1 aromatic rings. The largest absolute Gasteiger partial charge is 0.306 e. The highest BCUT2D eigenvalue weighted by Crippen LogP contribution is 2.27. The van der Waals surface area contributed by atoms with E-state index in [2.05, 4.69) is 51.8 Å². The van der Waals surface area contributed by atoms with E-state index in [4.69, 9.17) is 0 Å². The van der Waals surface area contributed by atoms with Gasteiger partial charge in [0.25, 0.3) is 0 Å². The third kappa shape index (κ3) is 3.79. The Morgan fingerprint density at radius 3 is 2.06 bits per heavy atom. The zero-order valence-corrected chi connectivity index (χ0v) is 13.6. The summed E-state index contributed by atoms with van der Waals surface area (Å²) in [5.74, 6) is 0. The van der Waals surface area contributed by atoms with Gasteiger partial charge in [-0.15, -0.1) is 11.3 Å². The molecule has 18 heavy (non-hydrogen) atoms. The summed E-state index contributed by atoms with van der Waals surface area (Å²) < 4.78 is 0. The molecule has 1 heterocycles. The van der Waals surface area contributed by atoms with Gasteiger partial charge in [0.05, 0.1) is 5.01 Å². The van der Waals surface area contributed by atoms with Crippen LogP contribution in [0.25, 0.3) is 0 Å². The highest BCUT2D eigenvalue weighted by atomic mass is 32.1. The number of hydrogen-bond acceptors (Lipinski definition) is 3. The quantitative estimate of drug-likeness (QED) is 0.821. The van der Waals surface area contributed by atoms with Crippen molar-refractivity contribution in [1.29, 1.82) is 0 Å². The molecule has 0 unspecified atom stereocenters. The van der Waals surface area contributed by atoms with Gasteiger partial charge in [-0.2, -0.15) is 0 Å². The van der Waals surface area contributed by atoms with E-state index in [1.807, 2.05) is 17.5 Å². The minimum atomic E-state index is 0.167. The number of thiazole rings is 1. The minimum absolute atomic E-state index is 0.167. The van der Waals surface area contributed by atoms with Gasteiger partial charge in [-0.3, -0.25) is 0 Å². The molecular weight excluding hydrogens is 240 g/mol. The fourth-order valence-corrected chi connectivity index (χ4v) is 3.05. The molecule has 104 valence electrons. The second-order valence-electron chi connectivity index (χ2n) is 6.08. The van der Waals surface area contributed by atoms with Crippen molar-refractivity contribution in [2.24, 2.45) is 0 Å². The van der Waals surface area contributed by atoms with Crippen LogP contribution in [-0.2, 0) is 12.0 Å². The Morgan fingerprint density at radius 2 is 1.67 bits per heavy atom. The molecule has 0 bridgehead atoms. The van der Waals surface area contributed by atoms with Crippen molar-refractivity contribution in [3.63, 3.8) is 0 Å². The normalized spacial score (nSPS) is 13.0. The highest BCUT2D eigenvalue weighted by molar-refractivity contribution is 7.11. The first kappa shape index (κ1) is 15.6. The first-order chi connectivity index (χ1) is 8.37. The Hall–Kier alpha value is -0.410. The fraction of sp³-hybridized carbons (Fsp3) is 0.800. The van der Waals surface area contributed by atoms with Gasteiger partial charge < -0.3 is 5.32 Å². The van der Waals surface area contributed by atoms with E-state index >= 15 is 0 Å². The van der Waals surface area contributed by atoms with E-state index in [1.54, 1.807) is 0 Å². The molecule has 0 aliphatic heterocycles. The van der Waals surface area contributed by atoms with E-state index in [-0.39, 0.29) is 5.41 Å². The summed E-state index contributed by atoms with van der Waals surface area (Å²) in [7, 11) is 0. The highest BCUT2D eigenvalue weighted by Gasteiger charge is 2.23. The lowest BCUT2D eigenvalue weighted by molar-refractivity contribution is 0.289. The molecule has 1 rings (SSSR count). The second-order valence-corrected chi connectivity index (χ2v) is 7.19. The molecule has 0 amide bonds. The van der Waals surface area contributed by atoms with Crippen molar-refractivity contribution in [1.82, 2.24) is 10.3 Å². The van der Waals surface area contributed by atoms with Gasteiger partial charge in [-0.05, 0) is 19.3 Å². The Kier molecular flexibility index (Phi) is 5.35. The molecule has 1 aromatic heterocycles. The number of hydrogen-bond donors (Lipinski definition) is 1. The van der Waals surface area contributed by atoms with Crippen LogP contribution in [-0.4, -0.2) is 10.5 Å². The lowest BCUT2D eigenvalue weighted by Crippen LogP contribution is -2.42. The van der Waals surface area contributed by atoms with E-state index in [1.165, 1.54) is 29.1 Å². The molecule has 0 aliphatic carbocycles. The van der Waals surface area contributed by atoms with Crippen LogP contribution in [0.3, 0.4) is 0 Å². The third-order valence-electron chi connectivity index (χ3n) is 3.86. The monoisotopic (exact) mass is 268 g/mol. The molecule has 0 aliphatic rings. The van der Waals surface area contributed by atoms with Crippen molar-refractivity contribution in [3.8, 4) is 0 Å². The Labute approximate surface area is 116 Å². The Morgan fingerprint density at radius 1 is 1.11 bits per heavy atom. The number of nitrogens with one attached hydrogen (secondary N) is 1. The lowest BCUT2D eigenvalue weighted by atomic mass is 9.90. The molecule has 0 aromatic carbocycles. The van der Waals surface area contributed by atoms with Crippen LogP contribution in [0.1, 0.15) is 70.7 Å². The lowest BCUT2D eigenvalue weighted by Gasteiger charge is -2.31. The molecule has 0 atom stereocenters. The minimum Gasteiger partial charge on any atom is -0.306 e. The zero-order chi connectivity index (χ0) is 13.8. The molecule has 0 fully saturated rings. The number of nitrogens with zero attached hydrogens (tertiary/aromatic N) is 1. The molecule has 0 saturated heterocycles. The average molecular weight is 268 g/mol. The van der Waals surface area contributed by atoms with Gasteiger partial charge in [-0.1, -0.05) is 41.5 Å². The van der Waals surface area contributed by atoms with E-state index < -0.39 is 0 Å². The third-order valence-corrected chi connectivity index (χ3v) is 5.29. The molecule has 1 N–H and O–H groups in total. The smallest absolute Gasteiger partial charge is 0.0981 e. The summed E-state index contributed by atoms with van der Waals surface area (Å²) in [5.41, 5.74) is 0.464. The van der Waals surface area contributed by atoms with Gasteiger partial charge in [0.15, 0.2) is 0 Å². The second kappa shape index (κ2) is 6.16. The Balaban J connectivity index is 2.66. The van der Waals surface area contributed by atoms with Crippen molar-refractivity contribution >= 4 is 11.3 Å². The maximum absolute atomic E-state index is 4.54. The SMILES string of the molecule is CCC(CC)(CC)NCc1cnc(C(C)(C)C)s1. The van der Waals surface area contributed by atoms with Crippen LogP contribution in [0.15, 0.2) is 6.20 Å². The summed E-state index contributed by atoms with van der Waals surface area (Å²) in [6, 6.07) is 0. The van der Waals surface area contributed by atoms with Gasteiger partial charge in [0.1, 0.15) is 0 Å². The van der Waals surface area contributed by atoms with Crippen molar-refractivity contribution in [2.75, 3.05) is 0 Å². The van der Waals surface area contributed by atoms with Crippen LogP contribution in [0.4, 0.5) is 0 Å². The predicted octanol–water partition coefficient (Wildman–Crippen LogP) is 4.50. The summed E-state index contributed by atoms with van der Waals surface area (Å²) in [6.45, 7) is 14.4. The first-order valence-electron chi connectivity index (χ1n) is 7.07. The van der Waals surface area contributed by atoms with Crippen LogP contribution >= 0.6 is 11.3 Å². The Bertz CT molecular complexity index is 351. The number of aromatic nitrogens is 1. The molecule has 0 spiro atoms. The fourth-order valence-electron chi connectivity index (χ4n) is 2.14. The van der Waals surface area contributed by atoms with Crippen LogP contribution in [0.5, 0.6) is 0 Å². The van der Waals surface area contributed by atoms with E-state index in [9.17, 15) is 0 Å². The molecule has 2 nitrogen and oxygen atoms in total. The molecule has 3 heteroatoms. The number of rotatable bonds is 6. The van der Waals surface area contributed by atoms with Crippen molar-refractivity contribution in [2.45, 2.75) is 78.3 Å². The summed E-state index contributed by atoms with van der Waals surface area (Å²) in [6.07, 6.45) is 5.59. The van der Waals surface area contributed by atoms with E-state index in [0.717, 1.165) is 6.54 Å². The maximum atomic E-state index is 4.54. The standard InChI is InChI=1S/C15H28N2S/c1-7-15(8-2,9-3)17-11-12-10-16-13(18-12)14(4,5)6/h10,17H,7-9,11H2,1-6H3. The van der Waals surface area contributed by atoms with Gasteiger partial charge in [0.2, 0.25) is 0 Å². The van der Waals surface area contributed by atoms with Crippen LogP contribution in [0, 0.1) is 0 Å². The predicted molar refractivity (Wildman–Crippen MR) is 81.3 cm³/mol. The summed E-state index contributed by atoms with van der Waals surface area (Å²) in [5, 5.41) is 4.96. The maximum Gasteiger partial charge on any atom is 0.0981 e. The zero-order valence-electron chi connectivity index (χ0n) is 12.8. The molecule has 0 radical (unpaired) electrons. The molecule has 0 saturated carbocycles. The van der Waals surface area contributed by atoms with Crippen molar-refractivity contribution in [3.05, 3.63) is 16.1 Å². The van der Waals surface area contributed by atoms with Crippen molar-refractivity contribution < 1.29 is 0 Å². The summed E-state index contributed by atoms with van der Waals surface area (Å²) in [4.78, 5) is 5.89. The van der Waals surface area contributed by atoms with E-state index in [0.29, 0.717) is 5.54 Å². The summed E-state index contributed by atoms with van der Waals surface area (Å²) >= 11 is 1.84. The average Bonchev–Trinajstić information content (AvgIpc) is 2.80. The van der Waals surface area contributed by atoms with Crippen LogP contribution in [0.2, 0.25) is 0 Å². The first-order valence-corrected chi connectivity index (χ1v) is 7.88.